The molecule has 0 aliphatic carbocycles. The molecule has 3 N–H and O–H groups in total. The summed E-state index contributed by atoms with van der Waals surface area (Å²) in [6.07, 6.45) is 1.24. The summed E-state index contributed by atoms with van der Waals surface area (Å²) in [4.78, 5) is 26.2. The number of nitrogens with zero attached hydrogens (tertiary/aromatic N) is 2. The van der Waals surface area contributed by atoms with E-state index < -0.39 is 11.9 Å². The number of carbonyl (C=O) groups excluding carboxylic acids is 1. The van der Waals surface area contributed by atoms with Gasteiger partial charge in [0.15, 0.2) is 5.82 Å². The van der Waals surface area contributed by atoms with Crippen LogP contribution in [0.3, 0.4) is 0 Å². The molecule has 98 valence electrons. The molecule has 0 bridgehead atoms. The number of carboxylic acid groups (broad SMARTS) is 1. The lowest BCUT2D eigenvalue weighted by Crippen LogP contribution is -2.13. The molecule has 0 fully saturated rings. The molecule has 0 aromatic carbocycles. The minimum Gasteiger partial charge on any atom is -0.477 e. The second-order valence-corrected chi connectivity index (χ2v) is 4.21. The van der Waals surface area contributed by atoms with E-state index >= 15 is 0 Å². The molecule has 2 rings (SSSR count). The zero-order valence-corrected chi connectivity index (χ0v) is 10.7. The third kappa shape index (κ3) is 3.01. The first-order chi connectivity index (χ1) is 8.97. The van der Waals surface area contributed by atoms with Crippen LogP contribution in [-0.4, -0.2) is 32.2 Å². The number of rotatable bonds is 3. The van der Waals surface area contributed by atoms with Crippen molar-refractivity contribution in [1.29, 1.82) is 0 Å². The number of aromatic carboxylic acids is 1. The number of amides is 1. The van der Waals surface area contributed by atoms with Crippen molar-refractivity contribution in [3.63, 3.8) is 0 Å². The number of nitrogens with one attached hydrogen (secondary N) is 2. The zero-order valence-electron chi connectivity index (χ0n) is 9.15. The van der Waals surface area contributed by atoms with E-state index in [1.165, 1.54) is 18.3 Å². The summed E-state index contributed by atoms with van der Waals surface area (Å²) in [6.45, 7) is 0. The molecule has 0 aliphatic heterocycles. The maximum Gasteiger partial charge on any atom is 0.353 e. The number of aromatic nitrogens is 3. The molecule has 0 radical (unpaired) electrons. The summed E-state index contributed by atoms with van der Waals surface area (Å²) >= 11 is 11.5. The second-order valence-electron chi connectivity index (χ2n) is 3.41. The molecule has 0 aliphatic rings. The number of hydrogen-bond acceptors (Lipinski definition) is 4. The second kappa shape index (κ2) is 5.25. The minimum atomic E-state index is -1.18. The van der Waals surface area contributed by atoms with Crippen molar-refractivity contribution in [2.24, 2.45) is 0 Å². The number of anilines is 1. The van der Waals surface area contributed by atoms with Crippen molar-refractivity contribution in [2.75, 3.05) is 5.32 Å². The molecule has 0 unspecified atom stereocenters. The van der Waals surface area contributed by atoms with Gasteiger partial charge in [0.05, 0.1) is 10.6 Å². The van der Waals surface area contributed by atoms with Gasteiger partial charge < -0.3 is 10.4 Å². The largest absolute Gasteiger partial charge is 0.477 e. The smallest absolute Gasteiger partial charge is 0.353 e. The standard InChI is InChI=1S/C10H6Cl2N4O3/c11-5-3-13-7(12)1-4(5)9(17)14-8-2-6(10(18)19)15-16-8/h1-3H,(H,18,19)(H2,14,15,16,17). The molecule has 2 aromatic rings. The van der Waals surface area contributed by atoms with Gasteiger partial charge in [-0.25, -0.2) is 9.78 Å². The summed E-state index contributed by atoms with van der Waals surface area (Å²) in [5, 5.41) is 17.2. The van der Waals surface area contributed by atoms with Crippen molar-refractivity contribution < 1.29 is 14.7 Å². The van der Waals surface area contributed by atoms with Gasteiger partial charge >= 0.3 is 5.97 Å². The molecule has 2 heterocycles. The van der Waals surface area contributed by atoms with Gasteiger partial charge in [-0.15, -0.1) is 0 Å². The van der Waals surface area contributed by atoms with E-state index in [9.17, 15) is 9.59 Å². The van der Waals surface area contributed by atoms with E-state index in [-0.39, 0.29) is 27.3 Å². The average molecular weight is 301 g/mol. The first-order valence-electron chi connectivity index (χ1n) is 4.88. The lowest BCUT2D eigenvalue weighted by molar-refractivity contribution is 0.0690. The molecule has 0 spiro atoms. The van der Waals surface area contributed by atoms with Gasteiger partial charge in [-0.1, -0.05) is 23.2 Å². The van der Waals surface area contributed by atoms with Crippen LogP contribution < -0.4 is 5.32 Å². The Morgan fingerprint density at radius 2 is 2.05 bits per heavy atom. The maximum atomic E-state index is 11.9. The van der Waals surface area contributed by atoms with E-state index in [0.29, 0.717) is 0 Å². The fourth-order valence-corrected chi connectivity index (χ4v) is 1.61. The van der Waals surface area contributed by atoms with E-state index in [0.717, 1.165) is 0 Å². The van der Waals surface area contributed by atoms with Gasteiger partial charge in [0, 0.05) is 12.3 Å². The van der Waals surface area contributed by atoms with Crippen molar-refractivity contribution in [2.45, 2.75) is 0 Å². The summed E-state index contributed by atoms with van der Waals surface area (Å²) in [5.74, 6) is -1.69. The molecule has 0 saturated heterocycles. The van der Waals surface area contributed by atoms with Crippen LogP contribution in [0, 0.1) is 0 Å². The van der Waals surface area contributed by atoms with Crippen molar-refractivity contribution in [3.8, 4) is 0 Å². The fourth-order valence-electron chi connectivity index (χ4n) is 1.27. The minimum absolute atomic E-state index is 0.0615. The van der Waals surface area contributed by atoms with Crippen LogP contribution in [-0.2, 0) is 0 Å². The van der Waals surface area contributed by atoms with Crippen LogP contribution in [0.2, 0.25) is 10.2 Å². The van der Waals surface area contributed by atoms with Gasteiger partial charge in [0.2, 0.25) is 0 Å². The van der Waals surface area contributed by atoms with Gasteiger partial charge in [-0.05, 0) is 6.07 Å². The van der Waals surface area contributed by atoms with Gasteiger partial charge in [0.1, 0.15) is 10.8 Å². The topological polar surface area (TPSA) is 108 Å². The molecule has 9 heteroatoms. The van der Waals surface area contributed by atoms with Gasteiger partial charge in [-0.3, -0.25) is 9.89 Å². The highest BCUT2D eigenvalue weighted by Gasteiger charge is 2.14. The molecule has 0 atom stereocenters. The van der Waals surface area contributed by atoms with Crippen molar-refractivity contribution in [3.05, 3.63) is 39.8 Å². The van der Waals surface area contributed by atoms with Crippen LogP contribution in [0.1, 0.15) is 20.8 Å². The van der Waals surface area contributed by atoms with Crippen molar-refractivity contribution in [1.82, 2.24) is 15.2 Å². The Kier molecular flexibility index (Phi) is 3.68. The number of H-pyrrole nitrogens is 1. The van der Waals surface area contributed by atoms with E-state index in [4.69, 9.17) is 28.3 Å². The lowest BCUT2D eigenvalue weighted by Gasteiger charge is -2.03. The third-order valence-corrected chi connectivity index (χ3v) is 2.62. The Bertz CT molecular complexity index is 656. The highest BCUT2D eigenvalue weighted by molar-refractivity contribution is 6.35. The van der Waals surface area contributed by atoms with Crippen LogP contribution in [0.25, 0.3) is 0 Å². The molecule has 2 aromatic heterocycles. The van der Waals surface area contributed by atoms with Crippen LogP contribution >= 0.6 is 23.2 Å². The molecular formula is C10H6Cl2N4O3. The monoisotopic (exact) mass is 300 g/mol. The maximum absolute atomic E-state index is 11.9. The quantitative estimate of drug-likeness (QED) is 0.752. The number of halogens is 2. The molecule has 0 saturated carbocycles. The molecule has 19 heavy (non-hydrogen) atoms. The summed E-state index contributed by atoms with van der Waals surface area (Å²) in [6, 6.07) is 2.47. The lowest BCUT2D eigenvalue weighted by atomic mass is 10.2. The van der Waals surface area contributed by atoms with E-state index in [1.807, 2.05) is 0 Å². The number of carbonyl (C=O) groups is 2. The van der Waals surface area contributed by atoms with Crippen molar-refractivity contribution >= 4 is 40.9 Å². The van der Waals surface area contributed by atoms with Gasteiger partial charge in [0.25, 0.3) is 5.91 Å². The predicted molar refractivity (Wildman–Crippen MR) is 67.8 cm³/mol. The number of pyridine rings is 1. The summed E-state index contributed by atoms with van der Waals surface area (Å²) < 4.78 is 0. The average Bonchev–Trinajstić information content (AvgIpc) is 2.80. The van der Waals surface area contributed by atoms with Gasteiger partial charge in [-0.2, -0.15) is 5.10 Å². The zero-order chi connectivity index (χ0) is 14.0. The first-order valence-corrected chi connectivity index (χ1v) is 5.64. The van der Waals surface area contributed by atoms with E-state index in [1.54, 1.807) is 0 Å². The molecular weight excluding hydrogens is 295 g/mol. The highest BCUT2D eigenvalue weighted by Crippen LogP contribution is 2.19. The summed E-state index contributed by atoms with van der Waals surface area (Å²) in [7, 11) is 0. The Hall–Kier alpha value is -2.12. The SMILES string of the molecule is O=C(O)c1cc(NC(=O)c2cc(Cl)ncc2Cl)n[nH]1. The van der Waals surface area contributed by atoms with Crippen LogP contribution in [0.15, 0.2) is 18.3 Å². The Morgan fingerprint density at radius 3 is 2.68 bits per heavy atom. The number of hydrogen-bond donors (Lipinski definition) is 3. The van der Waals surface area contributed by atoms with Crippen LogP contribution in [0.5, 0.6) is 0 Å². The molecule has 7 nitrogen and oxygen atoms in total. The first kappa shape index (κ1) is 13.3. The third-order valence-electron chi connectivity index (χ3n) is 2.12. The predicted octanol–water partition coefficient (Wildman–Crippen LogP) is 2.06. The van der Waals surface area contributed by atoms with E-state index in [2.05, 4.69) is 20.5 Å². The normalized spacial score (nSPS) is 10.2. The Morgan fingerprint density at radius 1 is 1.32 bits per heavy atom. The Labute approximate surface area is 116 Å². The Balaban J connectivity index is 2.20. The highest BCUT2D eigenvalue weighted by atomic mass is 35.5. The molecule has 1 amide bonds. The van der Waals surface area contributed by atoms with Crippen LogP contribution in [0.4, 0.5) is 5.82 Å². The number of carboxylic acids is 1. The number of aromatic amines is 1. The fraction of sp³-hybridized carbons (Fsp3) is 0. The summed E-state index contributed by atoms with van der Waals surface area (Å²) in [5.41, 5.74) is -0.0318.